The Bertz CT molecular complexity index is 497. The van der Waals surface area contributed by atoms with Gasteiger partial charge < -0.3 is 10.6 Å². The van der Waals surface area contributed by atoms with Crippen molar-refractivity contribution in [3.05, 3.63) is 35.4 Å². The van der Waals surface area contributed by atoms with E-state index in [1.54, 1.807) is 13.8 Å². The van der Waals surface area contributed by atoms with Crippen LogP contribution < -0.4 is 10.6 Å². The zero-order valence-electron chi connectivity index (χ0n) is 11.8. The van der Waals surface area contributed by atoms with Gasteiger partial charge in [-0.15, -0.1) is 0 Å². The lowest BCUT2D eigenvalue weighted by Gasteiger charge is -2.31. The Morgan fingerprint density at radius 1 is 1.35 bits per heavy atom. The number of hydrogen-bond acceptors (Lipinski definition) is 2. The number of benzene rings is 1. The van der Waals surface area contributed by atoms with E-state index in [2.05, 4.69) is 10.6 Å². The molecule has 1 amide bonds. The van der Waals surface area contributed by atoms with E-state index in [1.165, 1.54) is 6.07 Å². The molecule has 0 spiro atoms. The van der Waals surface area contributed by atoms with Gasteiger partial charge in [0, 0.05) is 6.54 Å². The smallest absolute Gasteiger partial charge is 0.225 e. The molecular weight excluding hydrogens is 262 g/mol. The van der Waals surface area contributed by atoms with Crippen LogP contribution in [-0.4, -0.2) is 19.0 Å². The number of carbonyl (C=O) groups is 1. The number of rotatable bonds is 3. The highest BCUT2D eigenvalue weighted by Crippen LogP contribution is 2.23. The summed E-state index contributed by atoms with van der Waals surface area (Å²) >= 11 is 0. The van der Waals surface area contributed by atoms with Crippen molar-refractivity contribution in [2.45, 2.75) is 32.2 Å². The lowest BCUT2D eigenvalue weighted by molar-refractivity contribution is -0.127. The van der Waals surface area contributed by atoms with E-state index >= 15 is 0 Å². The van der Waals surface area contributed by atoms with Gasteiger partial charge in [-0.1, -0.05) is 6.07 Å². The molecule has 3 nitrogen and oxygen atoms in total. The Balaban J connectivity index is 2.09. The molecule has 1 unspecified atom stereocenters. The molecule has 5 heteroatoms. The number of hydrogen-bond donors (Lipinski definition) is 2. The van der Waals surface area contributed by atoms with E-state index in [4.69, 9.17) is 0 Å². The second-order valence-corrected chi connectivity index (χ2v) is 5.79. The minimum Gasteiger partial charge on any atom is -0.347 e. The lowest BCUT2D eigenvalue weighted by Crippen LogP contribution is -2.47. The van der Waals surface area contributed by atoms with Gasteiger partial charge in [-0.05, 0) is 50.9 Å². The first-order chi connectivity index (χ1) is 9.40. The Hall–Kier alpha value is -1.49. The predicted molar refractivity (Wildman–Crippen MR) is 73.1 cm³/mol. The van der Waals surface area contributed by atoms with Crippen LogP contribution in [0.25, 0.3) is 0 Å². The van der Waals surface area contributed by atoms with Gasteiger partial charge in [0.25, 0.3) is 0 Å². The number of carbonyl (C=O) groups excluding carboxylic acids is 1. The van der Waals surface area contributed by atoms with Gasteiger partial charge in [0.05, 0.1) is 11.5 Å². The summed E-state index contributed by atoms with van der Waals surface area (Å²) in [6.07, 6.45) is 1.83. The van der Waals surface area contributed by atoms with E-state index in [0.717, 1.165) is 31.5 Å². The van der Waals surface area contributed by atoms with Gasteiger partial charge in [0.1, 0.15) is 0 Å². The summed E-state index contributed by atoms with van der Waals surface area (Å²) in [6.45, 7) is 5.18. The van der Waals surface area contributed by atoms with Gasteiger partial charge in [-0.2, -0.15) is 0 Å². The van der Waals surface area contributed by atoms with Gasteiger partial charge >= 0.3 is 0 Å². The molecule has 1 aromatic rings. The lowest BCUT2D eigenvalue weighted by atomic mass is 9.91. The summed E-state index contributed by atoms with van der Waals surface area (Å²) in [4.78, 5) is 12.2. The highest BCUT2D eigenvalue weighted by Gasteiger charge is 2.28. The first-order valence-electron chi connectivity index (χ1n) is 6.88. The predicted octanol–water partition coefficient (Wildman–Crippen LogP) is 2.32. The van der Waals surface area contributed by atoms with Crippen molar-refractivity contribution in [1.82, 2.24) is 10.6 Å². The minimum atomic E-state index is -0.899. The normalized spacial score (nSPS) is 19.7. The molecule has 0 bridgehead atoms. The fourth-order valence-corrected chi connectivity index (χ4v) is 2.44. The summed E-state index contributed by atoms with van der Waals surface area (Å²) in [5, 5.41) is 6.11. The molecule has 1 aromatic carbocycles. The summed E-state index contributed by atoms with van der Waals surface area (Å²) in [5.74, 6) is -1.89. The average Bonchev–Trinajstić information content (AvgIpc) is 2.42. The summed E-state index contributed by atoms with van der Waals surface area (Å²) in [6, 6.07) is 3.72. The van der Waals surface area contributed by atoms with Crippen LogP contribution in [0.1, 0.15) is 32.3 Å². The van der Waals surface area contributed by atoms with E-state index in [1.807, 2.05) is 0 Å². The fraction of sp³-hybridized carbons (Fsp3) is 0.533. The molecular formula is C15H20F2N2O. The quantitative estimate of drug-likeness (QED) is 0.893. The minimum absolute atomic E-state index is 0.0491. The Morgan fingerprint density at radius 3 is 2.70 bits per heavy atom. The van der Waals surface area contributed by atoms with E-state index in [0.29, 0.717) is 12.1 Å². The monoisotopic (exact) mass is 282 g/mol. The molecule has 1 aliphatic rings. The molecule has 0 aromatic heterocycles. The summed E-state index contributed by atoms with van der Waals surface area (Å²) < 4.78 is 26.3. The molecule has 110 valence electrons. The molecule has 2 N–H and O–H groups in total. The Kier molecular flexibility index (Phi) is 4.38. The van der Waals surface area contributed by atoms with Crippen LogP contribution in [0.15, 0.2) is 18.2 Å². The summed E-state index contributed by atoms with van der Waals surface area (Å²) in [5.41, 5.74) is -0.184. The van der Waals surface area contributed by atoms with Crippen LogP contribution in [0.2, 0.25) is 0 Å². The van der Waals surface area contributed by atoms with Gasteiger partial charge in [0.15, 0.2) is 11.6 Å². The number of piperidine rings is 1. The van der Waals surface area contributed by atoms with Crippen molar-refractivity contribution in [1.29, 1.82) is 0 Å². The number of halogens is 2. The first kappa shape index (κ1) is 14.9. The molecule has 1 fully saturated rings. The number of nitrogens with one attached hydrogen (secondary N) is 2. The Morgan fingerprint density at radius 2 is 2.10 bits per heavy atom. The largest absolute Gasteiger partial charge is 0.347 e. The molecule has 2 rings (SSSR count). The molecule has 0 aliphatic carbocycles. The molecule has 1 aliphatic heterocycles. The van der Waals surface area contributed by atoms with Crippen molar-refractivity contribution in [3.63, 3.8) is 0 Å². The third-order valence-corrected chi connectivity index (χ3v) is 3.74. The van der Waals surface area contributed by atoms with Crippen molar-refractivity contribution in [3.8, 4) is 0 Å². The van der Waals surface area contributed by atoms with Crippen LogP contribution in [0.5, 0.6) is 0 Å². The van der Waals surface area contributed by atoms with Gasteiger partial charge in [-0.3, -0.25) is 4.79 Å². The molecule has 1 saturated heterocycles. The zero-order valence-corrected chi connectivity index (χ0v) is 11.8. The maximum atomic E-state index is 13.3. The average molecular weight is 282 g/mol. The third-order valence-electron chi connectivity index (χ3n) is 3.74. The standard InChI is InChI=1S/C15H20F2N2O/c1-15(2,11-5-6-12(16)13(17)8-11)19-14(20)10-4-3-7-18-9-10/h5-6,8,10,18H,3-4,7,9H2,1-2H3,(H,19,20). The highest BCUT2D eigenvalue weighted by molar-refractivity contribution is 5.80. The SMILES string of the molecule is CC(C)(NC(=O)C1CCCNC1)c1ccc(F)c(F)c1. The van der Waals surface area contributed by atoms with E-state index in [9.17, 15) is 13.6 Å². The van der Waals surface area contributed by atoms with Gasteiger partial charge in [0.2, 0.25) is 5.91 Å². The molecule has 1 heterocycles. The maximum absolute atomic E-state index is 13.3. The highest BCUT2D eigenvalue weighted by atomic mass is 19.2. The van der Waals surface area contributed by atoms with Crippen LogP contribution in [0.3, 0.4) is 0 Å². The van der Waals surface area contributed by atoms with Crippen molar-refractivity contribution in [2.24, 2.45) is 5.92 Å². The second-order valence-electron chi connectivity index (χ2n) is 5.79. The van der Waals surface area contributed by atoms with Crippen molar-refractivity contribution >= 4 is 5.91 Å². The molecule has 0 radical (unpaired) electrons. The summed E-state index contributed by atoms with van der Waals surface area (Å²) in [7, 11) is 0. The van der Waals surface area contributed by atoms with E-state index in [-0.39, 0.29) is 11.8 Å². The molecule has 1 atom stereocenters. The second kappa shape index (κ2) is 5.87. The van der Waals surface area contributed by atoms with Crippen LogP contribution in [0.4, 0.5) is 8.78 Å². The maximum Gasteiger partial charge on any atom is 0.225 e. The molecule has 0 saturated carbocycles. The van der Waals surface area contributed by atoms with Crippen molar-refractivity contribution in [2.75, 3.05) is 13.1 Å². The number of amides is 1. The third kappa shape index (κ3) is 3.33. The van der Waals surface area contributed by atoms with Gasteiger partial charge in [-0.25, -0.2) is 8.78 Å². The first-order valence-corrected chi connectivity index (χ1v) is 6.88. The topological polar surface area (TPSA) is 41.1 Å². The molecule has 20 heavy (non-hydrogen) atoms. The fourth-order valence-electron chi connectivity index (χ4n) is 2.44. The van der Waals surface area contributed by atoms with Crippen molar-refractivity contribution < 1.29 is 13.6 Å². The Labute approximate surface area is 117 Å². The zero-order chi connectivity index (χ0) is 14.8. The van der Waals surface area contributed by atoms with Crippen LogP contribution in [0, 0.1) is 17.6 Å². The van der Waals surface area contributed by atoms with Crippen LogP contribution >= 0.6 is 0 Å². The van der Waals surface area contributed by atoms with Crippen LogP contribution in [-0.2, 0) is 10.3 Å². The van der Waals surface area contributed by atoms with E-state index < -0.39 is 17.2 Å².